The van der Waals surface area contributed by atoms with Crippen molar-refractivity contribution in [2.24, 2.45) is 0 Å². The van der Waals surface area contributed by atoms with E-state index in [9.17, 15) is 0 Å². The summed E-state index contributed by atoms with van der Waals surface area (Å²) >= 11 is 0. The summed E-state index contributed by atoms with van der Waals surface area (Å²) in [6.45, 7) is 4.67. The lowest BCUT2D eigenvalue weighted by Gasteiger charge is -2.11. The number of pyridine rings is 1. The van der Waals surface area contributed by atoms with E-state index in [1.807, 2.05) is 19.2 Å². The van der Waals surface area contributed by atoms with Gasteiger partial charge in [0.15, 0.2) is 0 Å². The lowest BCUT2D eigenvalue weighted by Crippen LogP contribution is -2.06. The van der Waals surface area contributed by atoms with Gasteiger partial charge in [0.05, 0.1) is 12.7 Å². The van der Waals surface area contributed by atoms with Crippen LogP contribution in [-0.2, 0) is 6.54 Å². The molecular formula is C13H16N4O. The fourth-order valence-corrected chi connectivity index (χ4v) is 1.68. The van der Waals surface area contributed by atoms with E-state index < -0.39 is 0 Å². The SMILES string of the molecule is COc1ncnc(NCc2cnccc2C)c1C. The van der Waals surface area contributed by atoms with Crippen molar-refractivity contribution < 1.29 is 4.74 Å². The van der Waals surface area contributed by atoms with Gasteiger partial charge in [-0.2, -0.15) is 0 Å². The fraction of sp³-hybridized carbons (Fsp3) is 0.308. The van der Waals surface area contributed by atoms with Gasteiger partial charge in [0.1, 0.15) is 12.1 Å². The quantitative estimate of drug-likeness (QED) is 0.892. The van der Waals surface area contributed by atoms with Crippen LogP contribution in [0, 0.1) is 13.8 Å². The second kappa shape index (κ2) is 5.44. The van der Waals surface area contributed by atoms with Crippen molar-refractivity contribution in [3.63, 3.8) is 0 Å². The van der Waals surface area contributed by atoms with Gasteiger partial charge >= 0.3 is 0 Å². The van der Waals surface area contributed by atoms with Crippen LogP contribution in [0.2, 0.25) is 0 Å². The van der Waals surface area contributed by atoms with E-state index in [1.54, 1.807) is 13.3 Å². The zero-order valence-electron chi connectivity index (χ0n) is 10.8. The molecule has 0 saturated carbocycles. The third kappa shape index (κ3) is 2.56. The third-order valence-electron chi connectivity index (χ3n) is 2.82. The van der Waals surface area contributed by atoms with E-state index >= 15 is 0 Å². The standard InChI is InChI=1S/C13H16N4O/c1-9-4-5-14-6-11(9)7-15-12-10(2)13(18-3)17-8-16-12/h4-6,8H,7H2,1-3H3,(H,15,16,17). The summed E-state index contributed by atoms with van der Waals surface area (Å²) in [5, 5.41) is 3.27. The first-order valence-corrected chi connectivity index (χ1v) is 5.71. The normalized spacial score (nSPS) is 10.2. The second-order valence-corrected chi connectivity index (χ2v) is 4.01. The van der Waals surface area contributed by atoms with Crippen molar-refractivity contribution >= 4 is 5.82 Å². The highest BCUT2D eigenvalue weighted by Crippen LogP contribution is 2.20. The molecule has 0 unspecified atom stereocenters. The van der Waals surface area contributed by atoms with E-state index in [-0.39, 0.29) is 0 Å². The van der Waals surface area contributed by atoms with Gasteiger partial charge in [0.2, 0.25) is 5.88 Å². The first kappa shape index (κ1) is 12.3. The number of hydrogen-bond acceptors (Lipinski definition) is 5. The van der Waals surface area contributed by atoms with Gasteiger partial charge < -0.3 is 10.1 Å². The maximum atomic E-state index is 5.16. The molecule has 0 radical (unpaired) electrons. The first-order valence-electron chi connectivity index (χ1n) is 5.71. The average molecular weight is 244 g/mol. The molecule has 0 aromatic carbocycles. The molecule has 1 N–H and O–H groups in total. The van der Waals surface area contributed by atoms with Crippen LogP contribution in [0.3, 0.4) is 0 Å². The molecule has 0 aliphatic carbocycles. The summed E-state index contributed by atoms with van der Waals surface area (Å²) in [6.07, 6.45) is 5.14. The number of hydrogen-bond donors (Lipinski definition) is 1. The van der Waals surface area contributed by atoms with Crippen LogP contribution in [0.1, 0.15) is 16.7 Å². The van der Waals surface area contributed by atoms with Crippen LogP contribution < -0.4 is 10.1 Å². The van der Waals surface area contributed by atoms with E-state index in [0.29, 0.717) is 12.4 Å². The zero-order valence-corrected chi connectivity index (χ0v) is 10.8. The molecular weight excluding hydrogens is 228 g/mol. The van der Waals surface area contributed by atoms with Gasteiger partial charge in [-0.3, -0.25) is 4.98 Å². The molecule has 0 bridgehead atoms. The molecule has 0 aliphatic rings. The molecule has 2 aromatic heterocycles. The Morgan fingerprint density at radius 2 is 2.11 bits per heavy atom. The molecule has 0 amide bonds. The molecule has 5 heteroatoms. The zero-order chi connectivity index (χ0) is 13.0. The largest absolute Gasteiger partial charge is 0.481 e. The van der Waals surface area contributed by atoms with Gasteiger partial charge in [-0.15, -0.1) is 0 Å². The molecule has 5 nitrogen and oxygen atoms in total. The highest BCUT2D eigenvalue weighted by Gasteiger charge is 2.07. The molecule has 2 heterocycles. The van der Waals surface area contributed by atoms with Crippen LogP contribution in [0.25, 0.3) is 0 Å². The summed E-state index contributed by atoms with van der Waals surface area (Å²) < 4.78 is 5.16. The van der Waals surface area contributed by atoms with Crippen molar-refractivity contribution in [1.29, 1.82) is 0 Å². The van der Waals surface area contributed by atoms with Gasteiger partial charge in [0, 0.05) is 18.9 Å². The molecule has 0 fully saturated rings. The lowest BCUT2D eigenvalue weighted by molar-refractivity contribution is 0.393. The topological polar surface area (TPSA) is 59.9 Å². The molecule has 0 saturated heterocycles. The van der Waals surface area contributed by atoms with Crippen molar-refractivity contribution in [1.82, 2.24) is 15.0 Å². The predicted octanol–water partition coefficient (Wildman–Crippen LogP) is 2.11. The van der Waals surface area contributed by atoms with E-state index in [4.69, 9.17) is 4.74 Å². The van der Waals surface area contributed by atoms with Gasteiger partial charge in [0.25, 0.3) is 0 Å². The molecule has 0 atom stereocenters. The smallest absolute Gasteiger partial charge is 0.221 e. The monoisotopic (exact) mass is 244 g/mol. The minimum absolute atomic E-state index is 0.593. The Morgan fingerprint density at radius 1 is 1.28 bits per heavy atom. The van der Waals surface area contributed by atoms with Crippen LogP contribution in [0.15, 0.2) is 24.8 Å². The minimum atomic E-state index is 0.593. The van der Waals surface area contributed by atoms with Crippen molar-refractivity contribution in [2.45, 2.75) is 20.4 Å². The summed E-state index contributed by atoms with van der Waals surface area (Å²) in [5.41, 5.74) is 3.26. The molecule has 94 valence electrons. The number of anilines is 1. The number of nitrogens with one attached hydrogen (secondary N) is 1. The van der Waals surface area contributed by atoms with E-state index in [2.05, 4.69) is 27.2 Å². The Hall–Kier alpha value is -2.17. The number of methoxy groups -OCH3 is 1. The fourth-order valence-electron chi connectivity index (χ4n) is 1.68. The first-order chi connectivity index (χ1) is 8.72. The van der Waals surface area contributed by atoms with Crippen molar-refractivity contribution in [3.05, 3.63) is 41.5 Å². The van der Waals surface area contributed by atoms with Crippen LogP contribution in [0.5, 0.6) is 5.88 Å². The Labute approximate surface area is 106 Å². The van der Waals surface area contributed by atoms with Crippen molar-refractivity contribution in [2.75, 3.05) is 12.4 Å². The molecule has 0 spiro atoms. The number of ether oxygens (including phenoxy) is 1. The van der Waals surface area contributed by atoms with Crippen LogP contribution in [0.4, 0.5) is 5.82 Å². The molecule has 0 aliphatic heterocycles. The maximum absolute atomic E-state index is 5.16. The third-order valence-corrected chi connectivity index (χ3v) is 2.82. The van der Waals surface area contributed by atoms with Crippen LogP contribution in [-0.4, -0.2) is 22.1 Å². The van der Waals surface area contributed by atoms with E-state index in [1.165, 1.54) is 11.9 Å². The summed E-state index contributed by atoms with van der Waals surface area (Å²) in [7, 11) is 1.60. The van der Waals surface area contributed by atoms with Crippen LogP contribution >= 0.6 is 0 Å². The van der Waals surface area contributed by atoms with Gasteiger partial charge in [-0.25, -0.2) is 9.97 Å². The summed E-state index contributed by atoms with van der Waals surface area (Å²) in [5.74, 6) is 1.38. The summed E-state index contributed by atoms with van der Waals surface area (Å²) in [4.78, 5) is 12.4. The Balaban J connectivity index is 2.14. The number of aromatic nitrogens is 3. The second-order valence-electron chi connectivity index (χ2n) is 4.01. The predicted molar refractivity (Wildman–Crippen MR) is 69.6 cm³/mol. The molecule has 2 rings (SSSR count). The van der Waals surface area contributed by atoms with Gasteiger partial charge in [-0.1, -0.05) is 0 Å². The Morgan fingerprint density at radius 3 is 2.83 bits per heavy atom. The van der Waals surface area contributed by atoms with E-state index in [0.717, 1.165) is 16.9 Å². The summed E-state index contributed by atoms with van der Waals surface area (Å²) in [6, 6.07) is 1.99. The number of rotatable bonds is 4. The van der Waals surface area contributed by atoms with Crippen molar-refractivity contribution in [3.8, 4) is 5.88 Å². The van der Waals surface area contributed by atoms with Gasteiger partial charge in [-0.05, 0) is 31.0 Å². The highest BCUT2D eigenvalue weighted by molar-refractivity contribution is 5.48. The number of aryl methyl sites for hydroxylation is 1. The number of nitrogens with zero attached hydrogens (tertiary/aromatic N) is 3. The average Bonchev–Trinajstić information content (AvgIpc) is 2.39. The Kier molecular flexibility index (Phi) is 3.72. The molecule has 2 aromatic rings. The molecule has 18 heavy (non-hydrogen) atoms. The maximum Gasteiger partial charge on any atom is 0.221 e. The Bertz CT molecular complexity index is 542. The highest BCUT2D eigenvalue weighted by atomic mass is 16.5. The lowest BCUT2D eigenvalue weighted by atomic mass is 10.1. The minimum Gasteiger partial charge on any atom is -0.481 e.